The van der Waals surface area contributed by atoms with Gasteiger partial charge in [0.25, 0.3) is 21.5 Å². The largest absolute Gasteiger partial charge is 0.348 e. The standard InChI is InChI=1S/C24H24N6O5S2/c1-24(5-6-24)27-37(34,35)19-8-18-21(32)29(13-15-9-26-28(2)11-15)23(33)30(22(18)36-19)12-14-3-4-16-10-25-20(31)17(16)7-14/h3-4,7-9,11,27H,5-6,10,12-13H2,1-2H3,(H,25,31). The summed E-state index contributed by atoms with van der Waals surface area (Å²) in [5, 5.41) is 7.03. The number of fused-ring (bicyclic) bond motifs is 2. The summed E-state index contributed by atoms with van der Waals surface area (Å²) >= 11 is 0.895. The second kappa shape index (κ2) is 8.23. The molecule has 37 heavy (non-hydrogen) atoms. The minimum atomic E-state index is -3.88. The maximum Gasteiger partial charge on any atom is 0.332 e. The van der Waals surface area contributed by atoms with Crippen molar-refractivity contribution in [1.82, 2.24) is 29.0 Å². The van der Waals surface area contributed by atoms with E-state index < -0.39 is 26.8 Å². The van der Waals surface area contributed by atoms with Gasteiger partial charge in [-0.25, -0.2) is 17.9 Å². The third kappa shape index (κ3) is 4.22. The second-order valence-electron chi connectivity index (χ2n) is 9.91. The summed E-state index contributed by atoms with van der Waals surface area (Å²) in [5.41, 5.74) is 1.14. The van der Waals surface area contributed by atoms with Crippen LogP contribution in [-0.4, -0.2) is 38.8 Å². The number of aromatic nitrogens is 4. The zero-order valence-electron chi connectivity index (χ0n) is 20.1. The van der Waals surface area contributed by atoms with Crippen LogP contribution in [0.5, 0.6) is 0 Å². The van der Waals surface area contributed by atoms with Crippen molar-refractivity contribution in [2.75, 3.05) is 0 Å². The molecule has 1 saturated carbocycles. The first kappa shape index (κ1) is 23.8. The SMILES string of the molecule is Cn1cc(Cn2c(=O)c3cc(S(=O)(=O)NC4(C)CC4)sc3n(Cc3ccc4c(c3)C(=O)NC4)c2=O)cn1. The van der Waals surface area contributed by atoms with Gasteiger partial charge >= 0.3 is 5.69 Å². The van der Waals surface area contributed by atoms with Crippen molar-refractivity contribution >= 4 is 37.5 Å². The molecule has 1 aromatic carbocycles. The molecule has 0 bridgehead atoms. The first-order valence-electron chi connectivity index (χ1n) is 11.7. The number of nitrogens with one attached hydrogen (secondary N) is 2. The molecule has 13 heteroatoms. The number of benzene rings is 1. The molecule has 6 rings (SSSR count). The molecule has 11 nitrogen and oxygen atoms in total. The Labute approximate surface area is 215 Å². The highest BCUT2D eigenvalue weighted by Crippen LogP contribution is 2.37. The molecular formula is C24H24N6O5S2. The number of nitrogens with zero attached hydrogens (tertiary/aromatic N) is 4. The molecule has 1 aliphatic heterocycles. The lowest BCUT2D eigenvalue weighted by atomic mass is 10.1. The fourth-order valence-corrected chi connectivity index (χ4v) is 7.43. The minimum Gasteiger partial charge on any atom is -0.348 e. The van der Waals surface area contributed by atoms with Crippen molar-refractivity contribution in [2.45, 2.75) is 49.1 Å². The first-order valence-corrected chi connectivity index (χ1v) is 14.0. The van der Waals surface area contributed by atoms with Gasteiger partial charge in [0, 0.05) is 36.5 Å². The highest BCUT2D eigenvalue weighted by atomic mass is 32.2. The number of sulfonamides is 1. The number of carbonyl (C=O) groups excluding carboxylic acids is 1. The summed E-state index contributed by atoms with van der Waals surface area (Å²) < 4.78 is 33.0. The number of amides is 1. The Bertz CT molecular complexity index is 1820. The lowest BCUT2D eigenvalue weighted by Crippen LogP contribution is -2.40. The maximum atomic E-state index is 13.7. The molecule has 0 spiro atoms. The molecule has 1 fully saturated rings. The van der Waals surface area contributed by atoms with Gasteiger partial charge in [-0.2, -0.15) is 5.10 Å². The van der Waals surface area contributed by atoms with Crippen molar-refractivity contribution < 1.29 is 13.2 Å². The third-order valence-corrected chi connectivity index (χ3v) is 10.1. The summed E-state index contributed by atoms with van der Waals surface area (Å²) in [6.45, 7) is 2.34. The summed E-state index contributed by atoms with van der Waals surface area (Å²) in [6, 6.07) is 6.74. The Morgan fingerprint density at radius 2 is 1.86 bits per heavy atom. The van der Waals surface area contributed by atoms with E-state index in [9.17, 15) is 22.8 Å². The van der Waals surface area contributed by atoms with E-state index in [0.717, 1.165) is 34.3 Å². The molecule has 0 unspecified atom stereocenters. The Kier molecular flexibility index (Phi) is 5.30. The highest BCUT2D eigenvalue weighted by molar-refractivity contribution is 7.91. The Morgan fingerprint density at radius 1 is 1.11 bits per heavy atom. The highest BCUT2D eigenvalue weighted by Gasteiger charge is 2.42. The molecule has 4 heterocycles. The number of thiophene rings is 1. The second-order valence-corrected chi connectivity index (χ2v) is 12.8. The quantitative estimate of drug-likeness (QED) is 0.361. The Balaban J connectivity index is 1.51. The number of carbonyl (C=O) groups is 1. The van der Waals surface area contributed by atoms with Crippen molar-refractivity contribution in [3.05, 3.63) is 79.8 Å². The summed E-state index contributed by atoms with van der Waals surface area (Å²) in [5.74, 6) is -0.181. The lowest BCUT2D eigenvalue weighted by molar-refractivity contribution is 0.0965. The van der Waals surface area contributed by atoms with Gasteiger partial charge in [-0.3, -0.25) is 23.4 Å². The van der Waals surface area contributed by atoms with Crippen molar-refractivity contribution in [3.63, 3.8) is 0 Å². The van der Waals surface area contributed by atoms with E-state index in [1.54, 1.807) is 30.2 Å². The molecule has 1 aliphatic carbocycles. The van der Waals surface area contributed by atoms with Gasteiger partial charge in [0.1, 0.15) is 9.04 Å². The zero-order chi connectivity index (χ0) is 26.1. The molecule has 0 saturated heterocycles. The van der Waals surface area contributed by atoms with E-state index >= 15 is 0 Å². The van der Waals surface area contributed by atoms with Crippen LogP contribution in [-0.2, 0) is 36.7 Å². The van der Waals surface area contributed by atoms with Gasteiger partial charge in [0.2, 0.25) is 0 Å². The summed E-state index contributed by atoms with van der Waals surface area (Å²) in [7, 11) is -2.14. The summed E-state index contributed by atoms with van der Waals surface area (Å²) in [6.07, 6.45) is 4.77. The monoisotopic (exact) mass is 540 g/mol. The van der Waals surface area contributed by atoms with E-state index in [2.05, 4.69) is 15.1 Å². The molecule has 192 valence electrons. The smallest absolute Gasteiger partial charge is 0.332 e. The average Bonchev–Trinajstić information content (AvgIpc) is 3.21. The number of aryl methyl sites for hydroxylation is 1. The molecule has 3 aromatic heterocycles. The molecule has 4 aromatic rings. The first-order chi connectivity index (χ1) is 17.5. The van der Waals surface area contributed by atoms with Gasteiger partial charge in [-0.15, -0.1) is 11.3 Å². The fraction of sp³-hybridized carbons (Fsp3) is 0.333. The molecule has 2 N–H and O–H groups in total. The van der Waals surface area contributed by atoms with E-state index in [1.165, 1.54) is 10.6 Å². The molecule has 0 atom stereocenters. The van der Waals surface area contributed by atoms with E-state index in [-0.39, 0.29) is 33.4 Å². The fourth-order valence-electron chi connectivity index (χ4n) is 4.53. The van der Waals surface area contributed by atoms with E-state index in [1.807, 2.05) is 19.1 Å². The third-order valence-electron chi connectivity index (χ3n) is 6.82. The van der Waals surface area contributed by atoms with Crippen LogP contribution in [0.4, 0.5) is 0 Å². The van der Waals surface area contributed by atoms with Gasteiger partial charge in [0.15, 0.2) is 0 Å². The van der Waals surface area contributed by atoms with Gasteiger partial charge in [0.05, 0.1) is 24.7 Å². The zero-order valence-corrected chi connectivity index (χ0v) is 21.8. The number of hydrogen-bond acceptors (Lipinski definition) is 7. The summed E-state index contributed by atoms with van der Waals surface area (Å²) in [4.78, 5) is 39.6. The van der Waals surface area contributed by atoms with Crippen molar-refractivity contribution in [3.8, 4) is 0 Å². The van der Waals surface area contributed by atoms with Crippen LogP contribution in [0.1, 0.15) is 46.8 Å². The van der Waals surface area contributed by atoms with Crippen LogP contribution in [0.15, 0.2) is 50.5 Å². The van der Waals surface area contributed by atoms with Crippen LogP contribution in [0, 0.1) is 0 Å². The molecule has 2 aliphatic rings. The van der Waals surface area contributed by atoms with Crippen LogP contribution in [0.3, 0.4) is 0 Å². The normalized spacial score (nSPS) is 16.2. The topological polar surface area (TPSA) is 137 Å². The van der Waals surface area contributed by atoms with Crippen molar-refractivity contribution in [2.24, 2.45) is 7.05 Å². The van der Waals surface area contributed by atoms with Crippen molar-refractivity contribution in [1.29, 1.82) is 0 Å². The molecular weight excluding hydrogens is 516 g/mol. The number of rotatable bonds is 7. The van der Waals surface area contributed by atoms with Crippen LogP contribution < -0.4 is 21.3 Å². The predicted octanol–water partition coefficient (Wildman–Crippen LogP) is 1.13. The predicted molar refractivity (Wildman–Crippen MR) is 137 cm³/mol. The van der Waals surface area contributed by atoms with Crippen LogP contribution in [0.25, 0.3) is 10.2 Å². The molecule has 1 amide bonds. The minimum absolute atomic E-state index is 0.0116. The van der Waals surface area contributed by atoms with Gasteiger partial charge < -0.3 is 5.32 Å². The van der Waals surface area contributed by atoms with Gasteiger partial charge in [-0.05, 0) is 43.0 Å². The Morgan fingerprint density at radius 3 is 2.57 bits per heavy atom. The lowest BCUT2D eigenvalue weighted by Gasteiger charge is -2.12. The average molecular weight is 541 g/mol. The molecule has 0 radical (unpaired) electrons. The van der Waals surface area contributed by atoms with E-state index in [4.69, 9.17) is 0 Å². The Hall–Kier alpha value is -3.55. The maximum absolute atomic E-state index is 13.7. The number of hydrogen-bond donors (Lipinski definition) is 2. The van der Waals surface area contributed by atoms with Crippen LogP contribution >= 0.6 is 11.3 Å². The van der Waals surface area contributed by atoms with E-state index in [0.29, 0.717) is 23.2 Å². The van der Waals surface area contributed by atoms with Gasteiger partial charge in [-0.1, -0.05) is 12.1 Å². The van der Waals surface area contributed by atoms with Crippen LogP contribution in [0.2, 0.25) is 0 Å².